The summed E-state index contributed by atoms with van der Waals surface area (Å²) in [5.74, 6) is 0. The van der Waals surface area contributed by atoms with Gasteiger partial charge in [-0.1, -0.05) is 11.6 Å². The fraction of sp³-hybridized carbons (Fsp3) is 0.250. The summed E-state index contributed by atoms with van der Waals surface area (Å²) < 4.78 is 0. The van der Waals surface area contributed by atoms with E-state index in [4.69, 9.17) is 23.2 Å². The molecular weight excluding hydrogens is 255 g/mol. The predicted molar refractivity (Wildman–Crippen MR) is 32.3 cm³/mol. The molecule has 0 radical (unpaired) electrons. The van der Waals surface area contributed by atoms with Crippen molar-refractivity contribution < 1.29 is 22.4 Å². The van der Waals surface area contributed by atoms with Gasteiger partial charge in [0.25, 0.3) is 0 Å². The molecule has 54 valence electrons. The zero-order chi connectivity index (χ0) is 6.15. The van der Waals surface area contributed by atoms with Gasteiger partial charge in [-0.3, -0.25) is 0 Å². The molecule has 0 amide bonds. The Bertz CT molecular complexity index is 179. The molecule has 9 heavy (non-hydrogen) atoms. The average Bonchev–Trinajstić information content (AvgIpc) is 1.98. The Hall–Kier alpha value is 0.530. The molecule has 2 nitrogen and oxygen atoms in total. The summed E-state index contributed by atoms with van der Waals surface area (Å²) >= 11 is 11.0. The van der Waals surface area contributed by atoms with Gasteiger partial charge in [0.1, 0.15) is 0 Å². The summed E-state index contributed by atoms with van der Waals surface area (Å²) in [4.78, 5) is 0. The number of halogens is 2. The van der Waals surface area contributed by atoms with Crippen molar-refractivity contribution in [2.75, 3.05) is 0 Å². The molecule has 5 heteroatoms. The quantitative estimate of drug-likeness (QED) is 0.661. The molecule has 0 aliphatic carbocycles. The second-order valence-electron chi connectivity index (χ2n) is 1.39. The van der Waals surface area contributed by atoms with Crippen LogP contribution in [0.25, 0.3) is 0 Å². The van der Waals surface area contributed by atoms with Gasteiger partial charge in [-0.15, -0.1) is 11.6 Å². The maximum absolute atomic E-state index is 5.54. The summed E-state index contributed by atoms with van der Waals surface area (Å²) in [7, 11) is 0. The molecular formula is C4H3AgCl2N2. The molecule has 0 fully saturated rings. The van der Waals surface area contributed by atoms with Crippen molar-refractivity contribution in [2.45, 2.75) is 6.92 Å². The van der Waals surface area contributed by atoms with E-state index in [9.17, 15) is 0 Å². The summed E-state index contributed by atoms with van der Waals surface area (Å²) in [5.41, 5.74) is 0.677. The summed E-state index contributed by atoms with van der Waals surface area (Å²) in [6.45, 7) is 1.75. The first-order valence-corrected chi connectivity index (χ1v) is 2.78. The van der Waals surface area contributed by atoms with E-state index in [0.717, 1.165) is 0 Å². The third kappa shape index (κ3) is 1.99. The molecule has 0 saturated carbocycles. The number of aryl methyl sites for hydroxylation is 1. The first kappa shape index (κ1) is 9.53. The van der Waals surface area contributed by atoms with Crippen LogP contribution in [0.4, 0.5) is 0 Å². The van der Waals surface area contributed by atoms with Crippen molar-refractivity contribution in [3.63, 3.8) is 0 Å². The van der Waals surface area contributed by atoms with Gasteiger partial charge in [-0.05, 0) is 12.1 Å². The second-order valence-corrected chi connectivity index (χ2v) is 2.13. The Balaban J connectivity index is 0.000000640. The summed E-state index contributed by atoms with van der Waals surface area (Å²) in [6, 6.07) is 0. The number of hydrogen-bond acceptors (Lipinski definition) is 1. The maximum Gasteiger partial charge on any atom is 1.00 e. The number of nitrogens with zero attached hydrogens (tertiary/aromatic N) is 2. The third-order valence-corrected chi connectivity index (χ3v) is 1.60. The van der Waals surface area contributed by atoms with Crippen LogP contribution in [0.3, 0.4) is 0 Å². The fourth-order valence-electron chi connectivity index (χ4n) is 0.356. The number of rotatable bonds is 0. The van der Waals surface area contributed by atoms with Gasteiger partial charge in [0.15, 0.2) is 0 Å². The van der Waals surface area contributed by atoms with E-state index < -0.39 is 0 Å². The smallest absolute Gasteiger partial charge is 0.564 e. The standard InChI is InChI=1S/C4H3Cl2N2.Ag/c1-2-3(5)4(6)8-7-2;/h1H3;/q-1;+1. The molecule has 1 aromatic heterocycles. The van der Waals surface area contributed by atoms with Crippen molar-refractivity contribution in [1.82, 2.24) is 10.2 Å². The normalized spacial score (nSPS) is 8.78. The van der Waals surface area contributed by atoms with Gasteiger partial charge < -0.3 is 10.2 Å². The minimum atomic E-state index is 0. The fourth-order valence-corrected chi connectivity index (χ4v) is 0.606. The van der Waals surface area contributed by atoms with Gasteiger partial charge >= 0.3 is 22.4 Å². The zero-order valence-electron chi connectivity index (χ0n) is 4.45. The van der Waals surface area contributed by atoms with Crippen molar-refractivity contribution in [1.29, 1.82) is 0 Å². The van der Waals surface area contributed by atoms with Crippen molar-refractivity contribution in [3.8, 4) is 0 Å². The Labute approximate surface area is 78.4 Å². The first-order valence-electron chi connectivity index (χ1n) is 2.03. The average molecular weight is 258 g/mol. The zero-order valence-corrected chi connectivity index (χ0v) is 7.45. The van der Waals surface area contributed by atoms with E-state index in [-0.39, 0.29) is 27.5 Å². The van der Waals surface area contributed by atoms with Crippen LogP contribution in [-0.2, 0) is 22.4 Å². The molecule has 0 bridgehead atoms. The Kier molecular flexibility index (Phi) is 3.85. The molecule has 1 aromatic rings. The van der Waals surface area contributed by atoms with Crippen LogP contribution in [0.5, 0.6) is 0 Å². The van der Waals surface area contributed by atoms with Crippen LogP contribution >= 0.6 is 23.2 Å². The molecule has 0 N–H and O–H groups in total. The van der Waals surface area contributed by atoms with Crippen LogP contribution in [-0.4, -0.2) is 5.10 Å². The summed E-state index contributed by atoms with van der Waals surface area (Å²) in [6.07, 6.45) is 0. The van der Waals surface area contributed by atoms with Crippen LogP contribution in [0.1, 0.15) is 5.69 Å². The minimum absolute atomic E-state index is 0. The van der Waals surface area contributed by atoms with E-state index in [1.54, 1.807) is 6.92 Å². The molecule has 1 rings (SSSR count). The minimum Gasteiger partial charge on any atom is -0.564 e. The SMILES string of the molecule is Cc1n[n-]c(Cl)c1Cl.[Ag+]. The van der Waals surface area contributed by atoms with Crippen molar-refractivity contribution in [2.24, 2.45) is 0 Å². The molecule has 0 aromatic carbocycles. The van der Waals surface area contributed by atoms with E-state index in [2.05, 4.69) is 10.2 Å². The predicted octanol–water partition coefficient (Wildman–Crippen LogP) is 1.65. The van der Waals surface area contributed by atoms with Crippen LogP contribution < -0.4 is 5.10 Å². The maximum atomic E-state index is 5.54. The molecule has 0 atom stereocenters. The van der Waals surface area contributed by atoms with Gasteiger partial charge in [0, 0.05) is 5.69 Å². The van der Waals surface area contributed by atoms with Crippen molar-refractivity contribution >= 4 is 23.2 Å². The van der Waals surface area contributed by atoms with E-state index in [0.29, 0.717) is 10.7 Å². The topological polar surface area (TPSA) is 27.0 Å². The molecule has 0 spiro atoms. The van der Waals surface area contributed by atoms with E-state index in [1.807, 2.05) is 0 Å². The molecule has 0 aliphatic heterocycles. The van der Waals surface area contributed by atoms with Gasteiger partial charge in [0.2, 0.25) is 0 Å². The van der Waals surface area contributed by atoms with Crippen LogP contribution in [0.15, 0.2) is 0 Å². The summed E-state index contributed by atoms with van der Waals surface area (Å²) in [5, 5.41) is 7.83. The van der Waals surface area contributed by atoms with Crippen LogP contribution in [0, 0.1) is 6.92 Å². The third-order valence-electron chi connectivity index (χ3n) is 0.787. The largest absolute Gasteiger partial charge is 1.00 e. The number of aromatic nitrogens is 2. The Morgan fingerprint density at radius 2 is 2.00 bits per heavy atom. The van der Waals surface area contributed by atoms with Gasteiger partial charge in [-0.2, -0.15) is 0 Å². The van der Waals surface area contributed by atoms with Crippen LogP contribution in [0.2, 0.25) is 10.2 Å². The molecule has 0 aliphatic rings. The first-order chi connectivity index (χ1) is 3.72. The van der Waals surface area contributed by atoms with Gasteiger partial charge in [-0.25, -0.2) is 0 Å². The number of hydrogen-bond donors (Lipinski definition) is 0. The van der Waals surface area contributed by atoms with E-state index >= 15 is 0 Å². The Morgan fingerprint density at radius 1 is 1.44 bits per heavy atom. The monoisotopic (exact) mass is 256 g/mol. The second kappa shape index (κ2) is 3.64. The van der Waals surface area contributed by atoms with Crippen molar-refractivity contribution in [3.05, 3.63) is 15.9 Å². The Morgan fingerprint density at radius 3 is 2.11 bits per heavy atom. The molecule has 1 heterocycles. The van der Waals surface area contributed by atoms with E-state index in [1.165, 1.54) is 0 Å². The molecule has 0 saturated heterocycles. The molecule has 0 unspecified atom stereocenters. The van der Waals surface area contributed by atoms with Gasteiger partial charge in [0.05, 0.1) is 5.02 Å².